The quantitative estimate of drug-likeness (QED) is 0.885. The van der Waals surface area contributed by atoms with Crippen molar-refractivity contribution in [1.29, 1.82) is 0 Å². The van der Waals surface area contributed by atoms with E-state index in [-0.39, 0.29) is 17.4 Å². The lowest BCUT2D eigenvalue weighted by molar-refractivity contribution is -0.117. The minimum absolute atomic E-state index is 0.116. The topological polar surface area (TPSA) is 59.3 Å². The van der Waals surface area contributed by atoms with Gasteiger partial charge >= 0.3 is 0 Å². The number of rotatable bonds is 3. The fraction of sp³-hybridized carbons (Fsp3) is 0.333. The number of aryl methyl sites for hydroxylation is 1. The highest BCUT2D eigenvalue weighted by molar-refractivity contribution is 5.92. The zero-order chi connectivity index (χ0) is 15.5. The summed E-state index contributed by atoms with van der Waals surface area (Å²) in [5.74, 6) is -0.157. The lowest BCUT2D eigenvalue weighted by atomic mass is 10.1. The number of nitrogens with one attached hydrogen (secondary N) is 1. The summed E-state index contributed by atoms with van der Waals surface area (Å²) in [6.45, 7) is 1.93. The van der Waals surface area contributed by atoms with Gasteiger partial charge in [-0.1, -0.05) is 24.5 Å². The van der Waals surface area contributed by atoms with E-state index in [0.717, 1.165) is 18.4 Å². The molecule has 1 aromatic heterocycles. The van der Waals surface area contributed by atoms with E-state index in [9.17, 15) is 9.59 Å². The Balaban J connectivity index is 1.81. The number of benzene rings is 1. The molecule has 1 aliphatic carbocycles. The molecule has 1 fully saturated rings. The van der Waals surface area contributed by atoms with Gasteiger partial charge in [0.15, 0.2) is 5.43 Å². The fourth-order valence-electron chi connectivity index (χ4n) is 2.86. The maximum absolute atomic E-state index is 12.4. The predicted molar refractivity (Wildman–Crippen MR) is 86.7 cm³/mol. The minimum atomic E-state index is -0.157. The first kappa shape index (κ1) is 14.6. The van der Waals surface area contributed by atoms with E-state index < -0.39 is 0 Å². The van der Waals surface area contributed by atoms with Gasteiger partial charge in [0.05, 0.1) is 10.9 Å². The Morgan fingerprint density at radius 1 is 1.32 bits per heavy atom. The van der Waals surface area contributed by atoms with Crippen LogP contribution in [0.4, 0.5) is 0 Å². The Morgan fingerprint density at radius 3 is 2.86 bits per heavy atom. The number of carbonyl (C=O) groups excluding carboxylic acids is 1. The number of carbonyl (C=O) groups is 1. The van der Waals surface area contributed by atoms with Crippen LogP contribution >= 0.6 is 0 Å². The summed E-state index contributed by atoms with van der Waals surface area (Å²) >= 11 is 0. The van der Waals surface area contributed by atoms with Crippen LogP contribution in [0.5, 0.6) is 0 Å². The molecule has 1 heterocycles. The highest BCUT2D eigenvalue weighted by Gasteiger charge is 2.15. The molecule has 4 nitrogen and oxygen atoms in total. The third-order valence-electron chi connectivity index (χ3n) is 4.07. The van der Waals surface area contributed by atoms with E-state index in [0.29, 0.717) is 16.5 Å². The number of fused-ring (bicyclic) bond motifs is 1. The Morgan fingerprint density at radius 2 is 2.09 bits per heavy atom. The summed E-state index contributed by atoms with van der Waals surface area (Å²) in [7, 11) is 0. The third kappa shape index (κ3) is 3.11. The van der Waals surface area contributed by atoms with Crippen molar-refractivity contribution >= 4 is 23.0 Å². The van der Waals surface area contributed by atoms with Crippen molar-refractivity contribution in [3.05, 3.63) is 51.9 Å². The summed E-state index contributed by atoms with van der Waals surface area (Å²) < 4.78 is 5.46. The van der Waals surface area contributed by atoms with Crippen molar-refractivity contribution in [3.8, 4) is 0 Å². The first-order chi connectivity index (χ1) is 10.6. The standard InChI is InChI=1S/C18H19NO3/c1-12-6-8-16-15(10-12)18(21)13(11-22-16)7-9-17(20)19-14-4-2-3-5-14/h6-11,14H,2-5H2,1H3,(H,19,20)/b9-7+. The average molecular weight is 297 g/mol. The smallest absolute Gasteiger partial charge is 0.244 e. The molecule has 22 heavy (non-hydrogen) atoms. The fourth-order valence-corrected chi connectivity index (χ4v) is 2.86. The second kappa shape index (κ2) is 6.18. The molecule has 4 heteroatoms. The van der Waals surface area contributed by atoms with E-state index in [1.807, 2.05) is 13.0 Å². The van der Waals surface area contributed by atoms with E-state index in [1.165, 1.54) is 31.3 Å². The van der Waals surface area contributed by atoms with Gasteiger partial charge in [-0.05, 0) is 38.0 Å². The van der Waals surface area contributed by atoms with Crippen LogP contribution in [0.2, 0.25) is 0 Å². The van der Waals surface area contributed by atoms with Crippen molar-refractivity contribution in [2.75, 3.05) is 0 Å². The summed E-state index contributed by atoms with van der Waals surface area (Å²) in [4.78, 5) is 24.3. The molecule has 1 N–H and O–H groups in total. The Bertz CT molecular complexity index is 783. The maximum Gasteiger partial charge on any atom is 0.244 e. The van der Waals surface area contributed by atoms with Gasteiger partial charge < -0.3 is 9.73 Å². The average Bonchev–Trinajstić information content (AvgIpc) is 3.00. The van der Waals surface area contributed by atoms with Crippen LogP contribution < -0.4 is 10.7 Å². The number of amides is 1. The second-order valence-corrected chi connectivity index (χ2v) is 5.84. The minimum Gasteiger partial charge on any atom is -0.463 e. The molecule has 0 unspecified atom stereocenters. The number of hydrogen-bond acceptors (Lipinski definition) is 3. The van der Waals surface area contributed by atoms with Crippen LogP contribution in [0.15, 0.2) is 39.7 Å². The molecule has 0 atom stereocenters. The van der Waals surface area contributed by atoms with Crippen molar-refractivity contribution in [1.82, 2.24) is 5.32 Å². The van der Waals surface area contributed by atoms with E-state index in [2.05, 4.69) is 5.32 Å². The van der Waals surface area contributed by atoms with Gasteiger partial charge in [0, 0.05) is 12.1 Å². The van der Waals surface area contributed by atoms with Gasteiger partial charge in [0.25, 0.3) is 0 Å². The lowest BCUT2D eigenvalue weighted by Gasteiger charge is -2.08. The first-order valence-corrected chi connectivity index (χ1v) is 7.64. The maximum atomic E-state index is 12.4. The molecule has 1 aliphatic rings. The van der Waals surface area contributed by atoms with Crippen LogP contribution in [-0.4, -0.2) is 11.9 Å². The van der Waals surface area contributed by atoms with Crippen LogP contribution in [0.25, 0.3) is 17.0 Å². The highest BCUT2D eigenvalue weighted by atomic mass is 16.3. The highest BCUT2D eigenvalue weighted by Crippen LogP contribution is 2.17. The van der Waals surface area contributed by atoms with Gasteiger partial charge in [-0.3, -0.25) is 9.59 Å². The second-order valence-electron chi connectivity index (χ2n) is 5.84. The summed E-state index contributed by atoms with van der Waals surface area (Å²) in [5, 5.41) is 3.50. The molecule has 1 saturated carbocycles. The lowest BCUT2D eigenvalue weighted by Crippen LogP contribution is -2.31. The molecule has 0 bridgehead atoms. The van der Waals surface area contributed by atoms with Gasteiger partial charge in [0.1, 0.15) is 11.8 Å². The monoisotopic (exact) mass is 297 g/mol. The normalized spacial score (nSPS) is 15.7. The zero-order valence-corrected chi connectivity index (χ0v) is 12.6. The molecule has 0 spiro atoms. The van der Waals surface area contributed by atoms with E-state index in [1.54, 1.807) is 12.1 Å². The van der Waals surface area contributed by atoms with E-state index in [4.69, 9.17) is 4.42 Å². The molecule has 114 valence electrons. The van der Waals surface area contributed by atoms with E-state index >= 15 is 0 Å². The Hall–Kier alpha value is -2.36. The zero-order valence-electron chi connectivity index (χ0n) is 12.6. The molecule has 0 aliphatic heterocycles. The Labute approximate surface area is 128 Å². The third-order valence-corrected chi connectivity index (χ3v) is 4.07. The SMILES string of the molecule is Cc1ccc2occ(/C=C/C(=O)NC3CCCC3)c(=O)c2c1. The van der Waals surface area contributed by atoms with Gasteiger partial charge in [-0.15, -0.1) is 0 Å². The van der Waals surface area contributed by atoms with Crippen molar-refractivity contribution < 1.29 is 9.21 Å². The van der Waals surface area contributed by atoms with Gasteiger partial charge in [-0.25, -0.2) is 0 Å². The largest absolute Gasteiger partial charge is 0.463 e. The van der Waals surface area contributed by atoms with Crippen LogP contribution in [-0.2, 0) is 4.79 Å². The molecular formula is C18H19NO3. The summed E-state index contributed by atoms with van der Waals surface area (Å²) in [6, 6.07) is 5.76. The number of hydrogen-bond donors (Lipinski definition) is 1. The first-order valence-electron chi connectivity index (χ1n) is 7.64. The molecule has 3 rings (SSSR count). The van der Waals surface area contributed by atoms with Crippen LogP contribution in [0, 0.1) is 6.92 Å². The van der Waals surface area contributed by atoms with Crippen LogP contribution in [0.3, 0.4) is 0 Å². The molecule has 2 aromatic rings. The van der Waals surface area contributed by atoms with Crippen molar-refractivity contribution in [2.24, 2.45) is 0 Å². The summed E-state index contributed by atoms with van der Waals surface area (Å²) in [6.07, 6.45) is 8.75. The molecule has 1 aromatic carbocycles. The van der Waals surface area contributed by atoms with Gasteiger partial charge in [0.2, 0.25) is 5.91 Å². The predicted octanol–water partition coefficient (Wildman–Crippen LogP) is 3.17. The van der Waals surface area contributed by atoms with Crippen molar-refractivity contribution in [3.63, 3.8) is 0 Å². The van der Waals surface area contributed by atoms with Gasteiger partial charge in [-0.2, -0.15) is 0 Å². The molecule has 0 radical (unpaired) electrons. The molecular weight excluding hydrogens is 278 g/mol. The summed E-state index contributed by atoms with van der Waals surface area (Å²) in [5.41, 5.74) is 1.83. The molecule has 0 saturated heterocycles. The Kier molecular flexibility index (Phi) is 4.09. The molecule has 1 amide bonds. The van der Waals surface area contributed by atoms with Crippen LogP contribution in [0.1, 0.15) is 36.8 Å². The van der Waals surface area contributed by atoms with Crippen molar-refractivity contribution in [2.45, 2.75) is 38.6 Å².